The van der Waals surface area contributed by atoms with Gasteiger partial charge in [-0.15, -0.1) is 35.3 Å². The Morgan fingerprint density at radius 1 is 0.419 bits per heavy atom. The number of carbonyl (C=O) groups is 23. The van der Waals surface area contributed by atoms with Gasteiger partial charge in [0.05, 0.1) is 54.6 Å². The molecule has 0 aromatic rings. The van der Waals surface area contributed by atoms with Gasteiger partial charge in [-0.3, -0.25) is 120 Å². The number of thiol groups is 1. The number of imide groups is 3. The summed E-state index contributed by atoms with van der Waals surface area (Å²) in [5.74, 6) is -13.5. The summed E-state index contributed by atoms with van der Waals surface area (Å²) >= 11 is 6.96. The highest BCUT2D eigenvalue weighted by Gasteiger charge is 2.43. The molecule has 3 aliphatic rings. The molecule has 45 heteroatoms. The highest BCUT2D eigenvalue weighted by Crippen LogP contribution is 2.30. The summed E-state index contributed by atoms with van der Waals surface area (Å²) in [7, 11) is 0. The molecule has 0 aromatic heterocycles. The number of thioether (sulfide) groups is 3. The van der Waals surface area contributed by atoms with E-state index in [9.17, 15) is 110 Å². The molecule has 0 aromatic carbocycles. The van der Waals surface area contributed by atoms with Gasteiger partial charge in [0.15, 0.2) is 0 Å². The van der Waals surface area contributed by atoms with Crippen LogP contribution in [0.25, 0.3) is 0 Å². The van der Waals surface area contributed by atoms with Crippen LogP contribution in [0.15, 0.2) is 0 Å². The first-order chi connectivity index (χ1) is 61.6. The summed E-state index contributed by atoms with van der Waals surface area (Å²) in [6.07, 6.45) is 2.95. The zero-order chi connectivity index (χ0) is 95.8. The molecule has 0 spiro atoms. The van der Waals surface area contributed by atoms with Crippen LogP contribution in [0.4, 0.5) is 0 Å². The summed E-state index contributed by atoms with van der Waals surface area (Å²) in [6, 6.07) is -6.48. The molecule has 0 radical (unpaired) electrons. The number of amides is 18. The van der Waals surface area contributed by atoms with E-state index in [-0.39, 0.29) is 176 Å². The summed E-state index contributed by atoms with van der Waals surface area (Å²) < 4.78 is 16.2. The Morgan fingerprint density at radius 3 is 1.34 bits per heavy atom. The first kappa shape index (κ1) is 114. The third-order valence-corrected chi connectivity index (χ3v) is 25.0. The lowest BCUT2D eigenvalue weighted by atomic mass is 9.99. The van der Waals surface area contributed by atoms with Crippen molar-refractivity contribution in [2.45, 2.75) is 279 Å². The highest BCUT2D eigenvalue weighted by atomic mass is 32.2. The molecular weight excluding hydrogens is 1760 g/mol. The van der Waals surface area contributed by atoms with Crippen molar-refractivity contribution in [1.29, 1.82) is 0 Å². The van der Waals surface area contributed by atoms with Crippen LogP contribution in [-0.4, -0.2) is 304 Å². The molecule has 3 aliphatic heterocycles. The van der Waals surface area contributed by atoms with Gasteiger partial charge in [0.25, 0.3) is 0 Å². The average molecular weight is 1900 g/mol. The maximum absolute atomic E-state index is 14.4. The summed E-state index contributed by atoms with van der Waals surface area (Å²) in [4.78, 5) is 302. The molecule has 3 fully saturated rings. The van der Waals surface area contributed by atoms with Gasteiger partial charge in [-0.1, -0.05) is 46.5 Å². The largest absolute Gasteiger partial charge is 0.381 e. The summed E-state index contributed by atoms with van der Waals surface area (Å²) in [5, 5.41) is 22.8. The first-order valence-electron chi connectivity index (χ1n) is 44.3. The lowest BCUT2D eigenvalue weighted by molar-refractivity contribution is -0.140. The molecule has 10 unspecified atom stereocenters. The maximum atomic E-state index is 14.4. The van der Waals surface area contributed by atoms with Gasteiger partial charge < -0.3 is 83.6 Å². The quantitative estimate of drug-likeness (QED) is 0.0121. The Bertz CT molecular complexity index is 3810. The lowest BCUT2D eigenvalue weighted by Crippen LogP contribution is -2.57. The van der Waals surface area contributed by atoms with Crippen molar-refractivity contribution in [3.8, 4) is 0 Å². The normalized spacial score (nSPS) is 16.5. The van der Waals surface area contributed by atoms with Gasteiger partial charge >= 0.3 is 0 Å². The van der Waals surface area contributed by atoms with Crippen molar-refractivity contribution in [1.82, 2.24) is 67.9 Å². The number of nitrogens with one attached hydrogen (secondary N) is 10. The number of nitrogens with two attached hydrogens (primary N) is 2. The molecule has 129 heavy (non-hydrogen) atoms. The molecule has 0 bridgehead atoms. The number of ether oxygens (including phenoxy) is 3. The van der Waals surface area contributed by atoms with Crippen LogP contribution >= 0.6 is 47.9 Å². The standard InChI is InChI=1S/C84H133N15O26S4/c1-6-55(102)20-12-10-14-24-60(92-72(110)31-39-125-41-40-124-37-18-22-56(103)7-2)80(118)95-63(77(86)115)51-129-66-47-75(113)99(84(66)122)36-29-70(108)89-49-67(90-52-100)96-81(119)61(25-15-11-13-21-58(105)32-43-127-64-45-73(111)97(82(64)120)34-27-57(104)23-19-42-126)93-78(116)54(44-53(5)101)48-88-69(107)28-35-98-74(112)46-65(83(98)121)128-50-62(76(85)114)94-79(117)59(91-68(106)8-3)26-16-17-33-87-71(109)30-38-123-9-4/h52,54,59-67,126H,6-51H2,1-5H3,(H2,85,114)(H2,86,115)(H,87,109)(H,88,107)(H,89,108)(H,90,100)(H,91,106)(H,92,110)(H,93,116)(H,94,117)(H,95,118)(H,96,119). The van der Waals surface area contributed by atoms with Gasteiger partial charge in [-0.25, -0.2) is 0 Å². The maximum Gasteiger partial charge on any atom is 0.244 e. The lowest BCUT2D eigenvalue weighted by Gasteiger charge is -2.25. The van der Waals surface area contributed by atoms with E-state index in [4.69, 9.17) is 25.7 Å². The zero-order valence-corrected chi connectivity index (χ0v) is 78.0. The van der Waals surface area contributed by atoms with E-state index in [1.54, 1.807) is 27.7 Å². The van der Waals surface area contributed by atoms with Crippen molar-refractivity contribution in [3.05, 3.63) is 0 Å². The predicted molar refractivity (Wildman–Crippen MR) is 479 cm³/mol. The molecular formula is C84H133N15O26S4. The minimum absolute atomic E-state index is 0.0157. The highest BCUT2D eigenvalue weighted by molar-refractivity contribution is 8.01. The number of hydrogen-bond donors (Lipinski definition) is 13. The fourth-order valence-corrected chi connectivity index (χ4v) is 17.0. The second kappa shape index (κ2) is 65.3. The minimum Gasteiger partial charge on any atom is -0.381 e. The van der Waals surface area contributed by atoms with E-state index in [1.165, 1.54) is 6.92 Å². The number of hydrogen-bond acceptors (Lipinski definition) is 30. The molecule has 0 saturated carbocycles. The van der Waals surface area contributed by atoms with Crippen molar-refractivity contribution >= 4 is 184 Å². The third kappa shape index (κ3) is 46.9. The summed E-state index contributed by atoms with van der Waals surface area (Å²) in [5.41, 5.74) is 11.4. The van der Waals surface area contributed by atoms with Gasteiger partial charge in [0, 0.05) is 172 Å². The fraction of sp³-hybridized carbons (Fsp3) is 0.726. The Kier molecular flexibility index (Phi) is 57.6. The number of nitrogens with zero attached hydrogens (tertiary/aromatic N) is 3. The van der Waals surface area contributed by atoms with E-state index >= 15 is 0 Å². The van der Waals surface area contributed by atoms with E-state index < -0.39 is 204 Å². The van der Waals surface area contributed by atoms with Crippen LogP contribution in [0, 0.1) is 5.92 Å². The smallest absolute Gasteiger partial charge is 0.244 e. The van der Waals surface area contributed by atoms with Crippen LogP contribution < -0.4 is 64.6 Å². The number of likely N-dealkylation sites (tertiary alicyclic amines) is 3. The Hall–Kier alpha value is -9.31. The molecule has 3 saturated heterocycles. The zero-order valence-electron chi connectivity index (χ0n) is 74.7. The van der Waals surface area contributed by atoms with E-state index in [1.807, 2.05) is 0 Å². The predicted octanol–water partition coefficient (Wildman–Crippen LogP) is -0.427. The number of ketones is 5. The second-order valence-corrected chi connectivity index (χ2v) is 35.4. The van der Waals surface area contributed by atoms with Crippen LogP contribution in [0.2, 0.25) is 0 Å². The molecule has 3 rings (SSSR count). The van der Waals surface area contributed by atoms with Crippen LogP contribution in [0.3, 0.4) is 0 Å². The Labute approximate surface area is 770 Å². The number of primary amides is 2. The SMILES string of the molecule is CCOCCC(=O)NCCCCC(NC(=O)CC)C(=O)NC(CSC1CC(=O)N(CCC(=O)NCC(CC(C)=O)C(=O)NC(CCCCCC(=O)CCSC2CC(=O)N(CCC(=O)CCCS)C2=O)C(=O)NC(CNC(=O)CCN2C(=O)CC(SCC(NC(=O)C(CCCCCC(=O)CC)NC(=O)CCOCCOCCCC(=O)CC)C(N)=O)C2=O)NC=O)C1=O)C(N)=O. The van der Waals surface area contributed by atoms with Gasteiger partial charge in [0.2, 0.25) is 107 Å². The fourth-order valence-electron chi connectivity index (χ4n) is 13.3. The Balaban J connectivity index is 1.69. The molecule has 3 heterocycles. The molecule has 18 amide bonds. The van der Waals surface area contributed by atoms with Gasteiger partial charge in [-0.05, 0) is 77.4 Å². The van der Waals surface area contributed by atoms with E-state index in [0.717, 1.165) is 50.0 Å². The molecule has 14 N–H and O–H groups in total. The Morgan fingerprint density at radius 2 is 0.845 bits per heavy atom. The molecule has 41 nitrogen and oxygen atoms in total. The van der Waals surface area contributed by atoms with Crippen LogP contribution in [0.5, 0.6) is 0 Å². The number of Topliss-reactive ketones (excluding diaryl/α,β-unsaturated/α-hetero) is 5. The minimum atomic E-state index is -1.46. The first-order valence-corrected chi connectivity index (χ1v) is 48.0. The molecule has 0 aliphatic carbocycles. The van der Waals surface area contributed by atoms with E-state index in [2.05, 4.69) is 65.8 Å². The molecule has 724 valence electrons. The monoisotopic (exact) mass is 1900 g/mol. The summed E-state index contributed by atoms with van der Waals surface area (Å²) in [6.45, 7) is 7.88. The van der Waals surface area contributed by atoms with Crippen LogP contribution in [0.1, 0.15) is 227 Å². The van der Waals surface area contributed by atoms with Crippen molar-refractivity contribution < 1.29 is 124 Å². The number of carbonyl (C=O) groups excluding carboxylic acids is 23. The van der Waals surface area contributed by atoms with Crippen LogP contribution in [-0.2, 0) is 124 Å². The average Bonchev–Trinajstić information content (AvgIpc) is 1.70. The second-order valence-electron chi connectivity index (χ2n) is 31.2. The van der Waals surface area contributed by atoms with Crippen molar-refractivity contribution in [2.75, 3.05) is 102 Å². The van der Waals surface area contributed by atoms with E-state index in [0.29, 0.717) is 109 Å². The number of rotatable bonds is 76. The molecule has 10 atom stereocenters. The van der Waals surface area contributed by atoms with Gasteiger partial charge in [-0.2, -0.15) is 12.6 Å². The van der Waals surface area contributed by atoms with Crippen molar-refractivity contribution in [3.63, 3.8) is 0 Å². The van der Waals surface area contributed by atoms with Gasteiger partial charge in [0.1, 0.15) is 65.3 Å². The third-order valence-electron chi connectivity index (χ3n) is 20.9. The van der Waals surface area contributed by atoms with Crippen molar-refractivity contribution in [2.24, 2.45) is 17.4 Å². The topological polar surface area (TPSA) is 602 Å². The number of unbranched alkanes of at least 4 members (excludes halogenated alkanes) is 5.